The van der Waals surface area contributed by atoms with E-state index in [4.69, 9.17) is 23.5 Å². The SMILES string of the molecule is CCCCCCCCCCCCCCCCOCC(COC1OC(CO)C(O)C(OS(=O)(=O)O)C1O)OC(=O)CCCCCCC. The summed E-state index contributed by atoms with van der Waals surface area (Å²) in [5, 5.41) is 30.3. The number of carbonyl (C=O) groups is 1. The molecule has 274 valence electrons. The van der Waals surface area contributed by atoms with E-state index in [0.717, 1.165) is 44.9 Å². The lowest BCUT2D eigenvalue weighted by Gasteiger charge is -2.41. The number of hydrogen-bond acceptors (Lipinski definition) is 11. The van der Waals surface area contributed by atoms with Crippen LogP contribution in [0.2, 0.25) is 0 Å². The molecule has 0 spiro atoms. The molecule has 0 aromatic carbocycles. The van der Waals surface area contributed by atoms with Gasteiger partial charge in [-0.25, -0.2) is 4.18 Å². The van der Waals surface area contributed by atoms with Crippen LogP contribution in [0.25, 0.3) is 0 Å². The summed E-state index contributed by atoms with van der Waals surface area (Å²) in [5.41, 5.74) is 0. The summed E-state index contributed by atoms with van der Waals surface area (Å²) < 4.78 is 58.4. The molecule has 0 aromatic rings. The van der Waals surface area contributed by atoms with Gasteiger partial charge < -0.3 is 34.3 Å². The van der Waals surface area contributed by atoms with Gasteiger partial charge in [0.15, 0.2) is 6.29 Å². The smallest absolute Gasteiger partial charge is 0.397 e. The van der Waals surface area contributed by atoms with Crippen LogP contribution in [0.1, 0.15) is 142 Å². The molecule has 1 saturated heterocycles. The van der Waals surface area contributed by atoms with E-state index >= 15 is 0 Å². The topological polar surface area (TPSA) is 178 Å². The zero-order valence-electron chi connectivity index (χ0n) is 28.4. The second-order valence-corrected chi connectivity index (χ2v) is 13.5. The maximum atomic E-state index is 12.5. The van der Waals surface area contributed by atoms with Gasteiger partial charge in [0.2, 0.25) is 0 Å². The fourth-order valence-electron chi connectivity index (χ4n) is 5.49. The minimum absolute atomic E-state index is 0.0415. The molecule has 0 bridgehead atoms. The Kier molecular flexibility index (Phi) is 25.3. The fraction of sp³-hybridized carbons (Fsp3) is 0.970. The van der Waals surface area contributed by atoms with Gasteiger partial charge in [-0.15, -0.1) is 0 Å². The van der Waals surface area contributed by atoms with Gasteiger partial charge in [0.25, 0.3) is 0 Å². The quantitative estimate of drug-likeness (QED) is 0.0431. The van der Waals surface area contributed by atoms with Crippen molar-refractivity contribution in [3.8, 4) is 0 Å². The zero-order valence-corrected chi connectivity index (χ0v) is 29.2. The Morgan fingerprint density at radius 1 is 0.739 bits per heavy atom. The van der Waals surface area contributed by atoms with E-state index in [-0.39, 0.29) is 19.6 Å². The molecule has 1 fully saturated rings. The van der Waals surface area contributed by atoms with Crippen molar-refractivity contribution in [2.24, 2.45) is 0 Å². The van der Waals surface area contributed by atoms with Crippen LogP contribution >= 0.6 is 0 Å². The first kappa shape index (κ1) is 43.1. The molecular formula is C33H64O12S. The highest BCUT2D eigenvalue weighted by Gasteiger charge is 2.48. The minimum atomic E-state index is -5.04. The molecule has 1 aliphatic heterocycles. The number of rotatable bonds is 30. The van der Waals surface area contributed by atoms with Gasteiger partial charge in [0.1, 0.15) is 30.5 Å². The number of aliphatic hydroxyl groups is 3. The minimum Gasteiger partial charge on any atom is -0.457 e. The Morgan fingerprint density at radius 3 is 1.74 bits per heavy atom. The summed E-state index contributed by atoms with van der Waals surface area (Å²) in [6.45, 7) is 3.88. The first-order valence-electron chi connectivity index (χ1n) is 17.8. The summed E-state index contributed by atoms with van der Waals surface area (Å²) in [7, 11) is -5.04. The van der Waals surface area contributed by atoms with Crippen molar-refractivity contribution in [3.63, 3.8) is 0 Å². The summed E-state index contributed by atoms with van der Waals surface area (Å²) in [4.78, 5) is 12.5. The fourth-order valence-corrected chi connectivity index (χ4v) is 6.00. The van der Waals surface area contributed by atoms with Crippen molar-refractivity contribution in [2.45, 2.75) is 179 Å². The van der Waals surface area contributed by atoms with Gasteiger partial charge in [-0.2, -0.15) is 8.42 Å². The molecule has 12 nitrogen and oxygen atoms in total. The van der Waals surface area contributed by atoms with E-state index < -0.39 is 59.8 Å². The largest absolute Gasteiger partial charge is 0.457 e. The summed E-state index contributed by atoms with van der Waals surface area (Å²) in [6, 6.07) is 0. The maximum Gasteiger partial charge on any atom is 0.397 e. The van der Waals surface area contributed by atoms with E-state index in [1.165, 1.54) is 70.6 Å². The normalized spacial score (nSPS) is 22.6. The molecule has 1 heterocycles. The third-order valence-electron chi connectivity index (χ3n) is 8.23. The van der Waals surface area contributed by atoms with Crippen molar-refractivity contribution in [2.75, 3.05) is 26.4 Å². The van der Waals surface area contributed by atoms with Crippen LogP contribution in [-0.2, 0) is 38.3 Å². The number of unbranched alkanes of at least 4 members (excludes halogenated alkanes) is 17. The third kappa shape index (κ3) is 21.1. The zero-order chi connectivity index (χ0) is 34.0. The first-order valence-corrected chi connectivity index (χ1v) is 19.2. The lowest BCUT2D eigenvalue weighted by Crippen LogP contribution is -2.60. The molecule has 6 atom stereocenters. The molecule has 0 aliphatic carbocycles. The number of hydrogen-bond donors (Lipinski definition) is 4. The molecule has 0 amide bonds. The molecule has 1 rings (SSSR count). The Bertz CT molecular complexity index is 842. The average Bonchev–Trinajstić information content (AvgIpc) is 3.01. The third-order valence-corrected chi connectivity index (χ3v) is 8.69. The predicted octanol–water partition coefficient (Wildman–Crippen LogP) is 5.40. The van der Waals surface area contributed by atoms with Crippen molar-refractivity contribution in [1.29, 1.82) is 0 Å². The summed E-state index contributed by atoms with van der Waals surface area (Å²) >= 11 is 0. The first-order chi connectivity index (χ1) is 22.1. The van der Waals surface area contributed by atoms with Crippen LogP contribution < -0.4 is 0 Å². The molecular weight excluding hydrogens is 620 g/mol. The van der Waals surface area contributed by atoms with Crippen LogP contribution in [-0.4, -0.2) is 97.5 Å². The van der Waals surface area contributed by atoms with Crippen LogP contribution in [0.15, 0.2) is 0 Å². The molecule has 0 saturated carbocycles. The van der Waals surface area contributed by atoms with Gasteiger partial charge in [0.05, 0.1) is 19.8 Å². The standard InChI is InChI=1S/C33H64O12S/c1-3-5-7-9-10-11-12-13-14-15-16-17-19-21-23-41-25-27(43-29(35)22-20-18-8-6-4-2)26-42-33-31(37)32(45-46(38,39)40)30(36)28(24-34)44-33/h27-28,30-34,36-37H,3-26H2,1-2H3,(H,38,39,40). The Hall–Kier alpha value is -0.900. The van der Waals surface area contributed by atoms with Crippen molar-refractivity contribution in [1.82, 2.24) is 0 Å². The second kappa shape index (κ2) is 27.0. The monoisotopic (exact) mass is 684 g/mol. The van der Waals surface area contributed by atoms with E-state index in [9.17, 15) is 28.5 Å². The van der Waals surface area contributed by atoms with Crippen molar-refractivity contribution < 1.29 is 56.2 Å². The lowest BCUT2D eigenvalue weighted by molar-refractivity contribution is -0.301. The highest BCUT2D eigenvalue weighted by molar-refractivity contribution is 7.80. The van der Waals surface area contributed by atoms with Crippen molar-refractivity contribution in [3.05, 3.63) is 0 Å². The Morgan fingerprint density at radius 2 is 1.24 bits per heavy atom. The number of esters is 1. The van der Waals surface area contributed by atoms with Crippen LogP contribution in [0.5, 0.6) is 0 Å². The highest BCUT2D eigenvalue weighted by Crippen LogP contribution is 2.26. The van der Waals surface area contributed by atoms with Crippen LogP contribution in [0.4, 0.5) is 0 Å². The van der Waals surface area contributed by atoms with Gasteiger partial charge in [0, 0.05) is 13.0 Å². The van der Waals surface area contributed by atoms with E-state index in [2.05, 4.69) is 18.0 Å². The van der Waals surface area contributed by atoms with Gasteiger partial charge in [-0.05, 0) is 12.8 Å². The molecule has 0 aromatic heterocycles. The van der Waals surface area contributed by atoms with E-state index in [1.807, 2.05) is 0 Å². The van der Waals surface area contributed by atoms with E-state index in [1.54, 1.807) is 0 Å². The second-order valence-electron chi connectivity index (χ2n) is 12.5. The lowest BCUT2D eigenvalue weighted by atomic mass is 9.99. The van der Waals surface area contributed by atoms with Crippen LogP contribution in [0, 0.1) is 0 Å². The van der Waals surface area contributed by atoms with E-state index in [0.29, 0.717) is 13.0 Å². The van der Waals surface area contributed by atoms with Gasteiger partial charge in [-0.3, -0.25) is 9.35 Å². The van der Waals surface area contributed by atoms with Gasteiger partial charge in [-0.1, -0.05) is 123 Å². The number of carbonyl (C=O) groups excluding carboxylic acids is 1. The van der Waals surface area contributed by atoms with Gasteiger partial charge >= 0.3 is 16.4 Å². The molecule has 13 heteroatoms. The number of aliphatic hydroxyl groups excluding tert-OH is 3. The molecule has 1 aliphatic rings. The Balaban J connectivity index is 2.45. The predicted molar refractivity (Wildman–Crippen MR) is 175 cm³/mol. The summed E-state index contributed by atoms with van der Waals surface area (Å²) in [5.74, 6) is -0.411. The average molecular weight is 685 g/mol. The number of ether oxygens (including phenoxy) is 4. The summed E-state index contributed by atoms with van der Waals surface area (Å²) in [6.07, 6.45) is 13.4. The van der Waals surface area contributed by atoms with Crippen molar-refractivity contribution >= 4 is 16.4 Å². The maximum absolute atomic E-state index is 12.5. The van der Waals surface area contributed by atoms with Crippen LogP contribution in [0.3, 0.4) is 0 Å². The molecule has 6 unspecified atom stereocenters. The molecule has 4 N–H and O–H groups in total. The molecule has 0 radical (unpaired) electrons. The molecule has 46 heavy (non-hydrogen) atoms. The highest BCUT2D eigenvalue weighted by atomic mass is 32.3. The Labute approximate surface area is 277 Å².